The Bertz CT molecular complexity index is 717. The van der Waals surface area contributed by atoms with E-state index in [-0.39, 0.29) is 0 Å². The third-order valence-electron chi connectivity index (χ3n) is 3.89. The number of ether oxygens (including phenoxy) is 1. The average Bonchev–Trinajstić information content (AvgIpc) is 2.58. The molecule has 0 spiro atoms. The van der Waals surface area contributed by atoms with Crippen molar-refractivity contribution in [1.29, 1.82) is 0 Å². The molecule has 3 aromatic rings. The number of methoxy groups -OCH3 is 1. The molecule has 22 heavy (non-hydrogen) atoms. The van der Waals surface area contributed by atoms with Crippen molar-refractivity contribution in [2.24, 2.45) is 0 Å². The molecule has 0 aliphatic carbocycles. The van der Waals surface area contributed by atoms with Crippen molar-refractivity contribution >= 4 is 0 Å². The molecule has 0 atom stereocenters. The minimum atomic E-state index is 0.919. The number of hydrogen-bond acceptors (Lipinski definition) is 1. The minimum Gasteiger partial charge on any atom is -0.497 e. The zero-order chi connectivity index (χ0) is 15.2. The van der Waals surface area contributed by atoms with Crippen molar-refractivity contribution in [3.63, 3.8) is 0 Å². The summed E-state index contributed by atoms with van der Waals surface area (Å²) < 4.78 is 5.40. The summed E-state index contributed by atoms with van der Waals surface area (Å²) in [6.07, 6.45) is 1.88. The molecule has 0 unspecified atom stereocenters. The van der Waals surface area contributed by atoms with Crippen LogP contribution in [0.4, 0.5) is 0 Å². The molecule has 0 bridgehead atoms. The lowest BCUT2D eigenvalue weighted by molar-refractivity contribution is 0.414. The van der Waals surface area contributed by atoms with Crippen molar-refractivity contribution in [3.05, 3.63) is 101 Å². The van der Waals surface area contributed by atoms with Crippen LogP contribution in [-0.2, 0) is 12.8 Å². The molecular formula is C21H20O. The summed E-state index contributed by atoms with van der Waals surface area (Å²) in [4.78, 5) is 0. The largest absolute Gasteiger partial charge is 0.497 e. The van der Waals surface area contributed by atoms with Crippen LogP contribution in [-0.4, -0.2) is 7.11 Å². The van der Waals surface area contributed by atoms with Gasteiger partial charge in [0.1, 0.15) is 5.75 Å². The maximum Gasteiger partial charge on any atom is 0.119 e. The Hall–Kier alpha value is -2.54. The van der Waals surface area contributed by atoms with Gasteiger partial charge in [-0.15, -0.1) is 0 Å². The first-order chi connectivity index (χ1) is 10.8. The van der Waals surface area contributed by atoms with Gasteiger partial charge in [-0.2, -0.15) is 0 Å². The predicted molar refractivity (Wildman–Crippen MR) is 91.5 cm³/mol. The molecule has 0 aliphatic heterocycles. The molecule has 0 aromatic heterocycles. The molecule has 0 heterocycles. The van der Waals surface area contributed by atoms with Gasteiger partial charge in [0.05, 0.1) is 7.11 Å². The van der Waals surface area contributed by atoms with Crippen LogP contribution in [0.15, 0.2) is 78.9 Å². The van der Waals surface area contributed by atoms with E-state index in [9.17, 15) is 0 Å². The summed E-state index contributed by atoms with van der Waals surface area (Å²) in [5.74, 6) is 0.919. The van der Waals surface area contributed by atoms with Crippen molar-refractivity contribution in [2.45, 2.75) is 12.8 Å². The normalized spacial score (nSPS) is 10.4. The second kappa shape index (κ2) is 6.95. The Morgan fingerprint density at radius 2 is 1.18 bits per heavy atom. The van der Waals surface area contributed by atoms with Gasteiger partial charge in [0.15, 0.2) is 0 Å². The van der Waals surface area contributed by atoms with E-state index in [1.807, 2.05) is 6.07 Å². The van der Waals surface area contributed by atoms with E-state index < -0.39 is 0 Å². The topological polar surface area (TPSA) is 9.23 Å². The summed E-state index contributed by atoms with van der Waals surface area (Å²) in [6.45, 7) is 0. The highest BCUT2D eigenvalue weighted by Crippen LogP contribution is 2.23. The van der Waals surface area contributed by atoms with Gasteiger partial charge < -0.3 is 4.74 Å². The van der Waals surface area contributed by atoms with Crippen molar-refractivity contribution in [2.75, 3.05) is 7.11 Å². The van der Waals surface area contributed by atoms with Gasteiger partial charge in [-0.3, -0.25) is 0 Å². The molecule has 0 radical (unpaired) electrons. The lowest BCUT2D eigenvalue weighted by Crippen LogP contribution is -1.98. The highest BCUT2D eigenvalue weighted by molar-refractivity contribution is 5.41. The second-order valence-corrected chi connectivity index (χ2v) is 5.46. The lowest BCUT2D eigenvalue weighted by atomic mass is 9.95. The first-order valence-corrected chi connectivity index (χ1v) is 7.59. The molecule has 0 amide bonds. The fourth-order valence-corrected chi connectivity index (χ4v) is 2.70. The molecule has 0 fully saturated rings. The van der Waals surface area contributed by atoms with Gasteiger partial charge in [-0.25, -0.2) is 0 Å². The van der Waals surface area contributed by atoms with Gasteiger partial charge in [0.25, 0.3) is 0 Å². The van der Waals surface area contributed by atoms with Crippen molar-refractivity contribution < 1.29 is 4.74 Å². The molecule has 3 rings (SSSR count). The standard InChI is InChI=1S/C21H20O/c1-22-21-13-12-19(14-17-8-4-2-5-9-17)20(16-21)15-18-10-6-3-7-11-18/h2-13,16H,14-15H2,1H3. The third-order valence-corrected chi connectivity index (χ3v) is 3.89. The summed E-state index contributed by atoms with van der Waals surface area (Å²) in [5.41, 5.74) is 5.34. The quantitative estimate of drug-likeness (QED) is 0.650. The van der Waals surface area contributed by atoms with E-state index in [1.165, 1.54) is 22.3 Å². The molecule has 0 aliphatic rings. The lowest BCUT2D eigenvalue weighted by Gasteiger charge is -2.12. The van der Waals surface area contributed by atoms with Gasteiger partial charge >= 0.3 is 0 Å². The zero-order valence-corrected chi connectivity index (χ0v) is 12.8. The molecular weight excluding hydrogens is 268 g/mol. The molecule has 3 aromatic carbocycles. The Balaban J connectivity index is 1.91. The molecule has 0 saturated carbocycles. The molecule has 1 heteroatoms. The fourth-order valence-electron chi connectivity index (χ4n) is 2.70. The van der Waals surface area contributed by atoms with Crippen molar-refractivity contribution in [1.82, 2.24) is 0 Å². The highest BCUT2D eigenvalue weighted by atomic mass is 16.5. The van der Waals surface area contributed by atoms with E-state index in [2.05, 4.69) is 72.8 Å². The molecule has 1 nitrogen and oxygen atoms in total. The summed E-state index contributed by atoms with van der Waals surface area (Å²) in [5, 5.41) is 0. The predicted octanol–water partition coefficient (Wildman–Crippen LogP) is 4.88. The Labute approximate surface area is 132 Å². The molecule has 0 saturated heterocycles. The fraction of sp³-hybridized carbons (Fsp3) is 0.143. The Morgan fingerprint density at radius 3 is 1.73 bits per heavy atom. The van der Waals surface area contributed by atoms with E-state index in [0.29, 0.717) is 0 Å². The molecule has 0 N–H and O–H groups in total. The maximum absolute atomic E-state index is 5.40. The van der Waals surface area contributed by atoms with Crippen LogP contribution >= 0.6 is 0 Å². The van der Waals surface area contributed by atoms with Crippen LogP contribution in [0.3, 0.4) is 0 Å². The minimum absolute atomic E-state index is 0.919. The SMILES string of the molecule is COc1ccc(Cc2ccccc2)c(Cc2ccccc2)c1. The summed E-state index contributed by atoms with van der Waals surface area (Å²) in [6, 6.07) is 27.6. The first-order valence-electron chi connectivity index (χ1n) is 7.59. The van der Waals surface area contributed by atoms with Crippen LogP contribution in [0.5, 0.6) is 5.75 Å². The first kappa shape index (κ1) is 14.4. The smallest absolute Gasteiger partial charge is 0.119 e. The third kappa shape index (κ3) is 3.56. The average molecular weight is 288 g/mol. The van der Waals surface area contributed by atoms with Crippen LogP contribution < -0.4 is 4.74 Å². The van der Waals surface area contributed by atoms with Crippen LogP contribution in [0.25, 0.3) is 0 Å². The van der Waals surface area contributed by atoms with Crippen LogP contribution in [0.2, 0.25) is 0 Å². The van der Waals surface area contributed by atoms with E-state index >= 15 is 0 Å². The Kier molecular flexibility index (Phi) is 4.55. The summed E-state index contributed by atoms with van der Waals surface area (Å²) in [7, 11) is 1.72. The highest BCUT2D eigenvalue weighted by Gasteiger charge is 2.07. The van der Waals surface area contributed by atoms with Gasteiger partial charge in [0.2, 0.25) is 0 Å². The zero-order valence-electron chi connectivity index (χ0n) is 12.8. The second-order valence-electron chi connectivity index (χ2n) is 5.46. The van der Waals surface area contributed by atoms with E-state index in [0.717, 1.165) is 18.6 Å². The van der Waals surface area contributed by atoms with E-state index in [1.54, 1.807) is 7.11 Å². The van der Waals surface area contributed by atoms with Crippen LogP contribution in [0.1, 0.15) is 22.3 Å². The number of benzene rings is 3. The Morgan fingerprint density at radius 1 is 0.636 bits per heavy atom. The summed E-state index contributed by atoms with van der Waals surface area (Å²) >= 11 is 0. The van der Waals surface area contributed by atoms with Gasteiger partial charge in [-0.1, -0.05) is 66.7 Å². The van der Waals surface area contributed by atoms with Gasteiger partial charge in [-0.05, 0) is 47.2 Å². The van der Waals surface area contributed by atoms with Crippen LogP contribution in [0, 0.1) is 0 Å². The number of rotatable bonds is 5. The van der Waals surface area contributed by atoms with Gasteiger partial charge in [0, 0.05) is 0 Å². The monoisotopic (exact) mass is 288 g/mol. The van der Waals surface area contributed by atoms with Crippen molar-refractivity contribution in [3.8, 4) is 5.75 Å². The number of hydrogen-bond donors (Lipinski definition) is 0. The maximum atomic E-state index is 5.40. The van der Waals surface area contributed by atoms with E-state index in [4.69, 9.17) is 4.74 Å². The molecule has 110 valence electrons.